The number of methoxy groups -OCH3 is 1. The molecule has 0 spiro atoms. The standard InChI is InChI=1S/C27H38N2O5/c1-4-5-6-7-8-16-28-27(32)29(2)23-11-9-10-22(20-23)24-14-12-21(13-15-26(30)31)19-25(24)34-18-17-33-3/h9-12,14,19-20H,4-8,13,15-18H2,1-3H3,(H,28,32)(H,30,31). The highest BCUT2D eigenvalue weighted by Gasteiger charge is 2.14. The highest BCUT2D eigenvalue weighted by atomic mass is 16.5. The van der Waals surface area contributed by atoms with E-state index in [9.17, 15) is 9.59 Å². The van der Waals surface area contributed by atoms with Gasteiger partial charge in [-0.3, -0.25) is 9.69 Å². The van der Waals surface area contributed by atoms with Crippen LogP contribution in [-0.2, 0) is 16.0 Å². The summed E-state index contributed by atoms with van der Waals surface area (Å²) in [5, 5.41) is 12.0. The third kappa shape index (κ3) is 9.06. The van der Waals surface area contributed by atoms with Crippen LogP contribution in [0.4, 0.5) is 10.5 Å². The van der Waals surface area contributed by atoms with Crippen LogP contribution in [0, 0.1) is 0 Å². The SMILES string of the molecule is CCCCCCCNC(=O)N(C)c1cccc(-c2ccc(CCC(=O)O)cc2OCCOC)c1. The lowest BCUT2D eigenvalue weighted by Gasteiger charge is -2.20. The molecule has 0 aliphatic rings. The number of anilines is 1. The quantitative estimate of drug-likeness (QED) is 0.335. The fourth-order valence-electron chi connectivity index (χ4n) is 3.61. The topological polar surface area (TPSA) is 88.1 Å². The number of hydrogen-bond acceptors (Lipinski definition) is 4. The van der Waals surface area contributed by atoms with Gasteiger partial charge in [0, 0.05) is 38.4 Å². The first kappa shape index (κ1) is 27.2. The molecule has 0 aliphatic carbocycles. The highest BCUT2D eigenvalue weighted by Crippen LogP contribution is 2.33. The summed E-state index contributed by atoms with van der Waals surface area (Å²) in [5.41, 5.74) is 3.46. The number of hydrogen-bond donors (Lipinski definition) is 2. The summed E-state index contributed by atoms with van der Waals surface area (Å²) in [6.45, 7) is 3.68. The number of urea groups is 1. The van der Waals surface area contributed by atoms with Gasteiger partial charge in [0.25, 0.3) is 0 Å². The monoisotopic (exact) mass is 470 g/mol. The maximum Gasteiger partial charge on any atom is 0.321 e. The van der Waals surface area contributed by atoms with Crippen molar-refractivity contribution in [3.05, 3.63) is 48.0 Å². The second-order valence-corrected chi connectivity index (χ2v) is 8.32. The smallest absolute Gasteiger partial charge is 0.321 e. The van der Waals surface area contributed by atoms with Crippen LogP contribution in [-0.4, -0.2) is 51.0 Å². The van der Waals surface area contributed by atoms with E-state index in [0.29, 0.717) is 31.9 Å². The number of rotatable bonds is 15. The van der Waals surface area contributed by atoms with Gasteiger partial charge < -0.3 is 19.9 Å². The lowest BCUT2D eigenvalue weighted by Crippen LogP contribution is -2.37. The predicted octanol–water partition coefficient (Wildman–Crippen LogP) is 5.51. The van der Waals surface area contributed by atoms with Gasteiger partial charge in [-0.15, -0.1) is 0 Å². The zero-order valence-electron chi connectivity index (χ0n) is 20.6. The number of benzene rings is 2. The van der Waals surface area contributed by atoms with Crippen LogP contribution in [0.1, 0.15) is 51.0 Å². The second kappa shape index (κ2) is 15.0. The molecule has 0 aliphatic heterocycles. The van der Waals surface area contributed by atoms with E-state index in [0.717, 1.165) is 35.2 Å². The van der Waals surface area contributed by atoms with Gasteiger partial charge in [0.1, 0.15) is 12.4 Å². The number of carbonyl (C=O) groups is 2. The molecule has 7 nitrogen and oxygen atoms in total. The number of amides is 2. The van der Waals surface area contributed by atoms with Crippen LogP contribution < -0.4 is 15.0 Å². The molecule has 2 N–H and O–H groups in total. The maximum absolute atomic E-state index is 12.6. The van der Waals surface area contributed by atoms with Crippen molar-refractivity contribution in [3.63, 3.8) is 0 Å². The van der Waals surface area contributed by atoms with Crippen LogP contribution in [0.3, 0.4) is 0 Å². The van der Waals surface area contributed by atoms with Crippen molar-refractivity contribution in [2.24, 2.45) is 0 Å². The van der Waals surface area contributed by atoms with Crippen molar-refractivity contribution in [3.8, 4) is 16.9 Å². The molecule has 0 fully saturated rings. The minimum Gasteiger partial charge on any atom is -0.491 e. The number of unbranched alkanes of at least 4 members (excludes halogenated alkanes) is 4. The Morgan fingerprint density at radius 3 is 2.56 bits per heavy atom. The van der Waals surface area contributed by atoms with E-state index in [2.05, 4.69) is 12.2 Å². The summed E-state index contributed by atoms with van der Waals surface area (Å²) in [6.07, 6.45) is 6.24. The first-order chi connectivity index (χ1) is 16.5. The zero-order chi connectivity index (χ0) is 24.8. The first-order valence-electron chi connectivity index (χ1n) is 12.0. The number of nitrogens with one attached hydrogen (secondary N) is 1. The Morgan fingerprint density at radius 2 is 1.82 bits per heavy atom. The molecule has 7 heteroatoms. The molecule has 2 aromatic rings. The molecule has 0 heterocycles. The minimum absolute atomic E-state index is 0.0604. The average Bonchev–Trinajstić information content (AvgIpc) is 2.84. The number of aliphatic carboxylic acids is 1. The van der Waals surface area contributed by atoms with Gasteiger partial charge in [-0.05, 0) is 42.2 Å². The van der Waals surface area contributed by atoms with E-state index in [-0.39, 0.29) is 12.5 Å². The summed E-state index contributed by atoms with van der Waals surface area (Å²) < 4.78 is 11.1. The van der Waals surface area contributed by atoms with Gasteiger partial charge in [-0.2, -0.15) is 0 Å². The van der Waals surface area contributed by atoms with Crippen LogP contribution in [0.2, 0.25) is 0 Å². The second-order valence-electron chi connectivity index (χ2n) is 8.32. The molecular formula is C27H38N2O5. The van der Waals surface area contributed by atoms with Crippen LogP contribution in [0.25, 0.3) is 11.1 Å². The van der Waals surface area contributed by atoms with Crippen molar-refractivity contribution in [1.29, 1.82) is 0 Å². The summed E-state index contributed by atoms with van der Waals surface area (Å²) in [6, 6.07) is 13.4. The summed E-state index contributed by atoms with van der Waals surface area (Å²) >= 11 is 0. The van der Waals surface area contributed by atoms with E-state index in [1.54, 1.807) is 19.1 Å². The van der Waals surface area contributed by atoms with Crippen molar-refractivity contribution in [2.75, 3.05) is 38.8 Å². The Bertz CT molecular complexity index is 916. The number of ether oxygens (including phenoxy) is 2. The molecule has 0 atom stereocenters. The molecule has 34 heavy (non-hydrogen) atoms. The molecule has 0 saturated heterocycles. The highest BCUT2D eigenvalue weighted by molar-refractivity contribution is 5.92. The summed E-state index contributed by atoms with van der Waals surface area (Å²) in [7, 11) is 3.37. The fraction of sp³-hybridized carbons (Fsp3) is 0.481. The normalized spacial score (nSPS) is 10.7. The van der Waals surface area contributed by atoms with Crippen molar-refractivity contribution >= 4 is 17.7 Å². The van der Waals surface area contributed by atoms with E-state index >= 15 is 0 Å². The van der Waals surface area contributed by atoms with E-state index < -0.39 is 5.97 Å². The van der Waals surface area contributed by atoms with E-state index in [4.69, 9.17) is 14.6 Å². The van der Waals surface area contributed by atoms with Gasteiger partial charge in [-0.25, -0.2) is 4.79 Å². The number of aryl methyl sites for hydroxylation is 1. The molecule has 2 rings (SSSR count). The Morgan fingerprint density at radius 1 is 1.03 bits per heavy atom. The molecule has 2 amide bonds. The van der Waals surface area contributed by atoms with Crippen LogP contribution in [0.15, 0.2) is 42.5 Å². The molecule has 0 aromatic heterocycles. The first-order valence-corrected chi connectivity index (χ1v) is 12.0. The molecule has 0 saturated carbocycles. The van der Waals surface area contributed by atoms with Gasteiger partial charge in [0.15, 0.2) is 0 Å². The number of carboxylic acids is 1. The third-order valence-electron chi connectivity index (χ3n) is 5.62. The summed E-state index contributed by atoms with van der Waals surface area (Å²) in [4.78, 5) is 25.2. The van der Waals surface area contributed by atoms with Crippen molar-refractivity contribution < 1.29 is 24.2 Å². The molecule has 186 valence electrons. The van der Waals surface area contributed by atoms with E-state index in [1.807, 2.05) is 42.5 Å². The van der Waals surface area contributed by atoms with Gasteiger partial charge >= 0.3 is 12.0 Å². The Kier molecular flexibility index (Phi) is 12.0. The third-order valence-corrected chi connectivity index (χ3v) is 5.62. The maximum atomic E-state index is 12.6. The van der Waals surface area contributed by atoms with Crippen LogP contribution >= 0.6 is 0 Å². The number of carbonyl (C=O) groups excluding carboxylic acids is 1. The lowest BCUT2D eigenvalue weighted by molar-refractivity contribution is -0.136. The van der Waals surface area contributed by atoms with Crippen molar-refractivity contribution in [2.45, 2.75) is 51.9 Å². The van der Waals surface area contributed by atoms with Gasteiger partial charge in [0.05, 0.1) is 6.61 Å². The summed E-state index contributed by atoms with van der Waals surface area (Å²) in [5.74, 6) is -0.169. The Labute approximate surface area is 203 Å². The van der Waals surface area contributed by atoms with E-state index in [1.165, 1.54) is 19.3 Å². The number of nitrogens with zero attached hydrogens (tertiary/aromatic N) is 1. The minimum atomic E-state index is -0.832. The van der Waals surface area contributed by atoms with Crippen LogP contribution in [0.5, 0.6) is 5.75 Å². The Hall–Kier alpha value is -3.06. The zero-order valence-corrected chi connectivity index (χ0v) is 20.6. The van der Waals surface area contributed by atoms with Gasteiger partial charge in [-0.1, -0.05) is 56.9 Å². The number of carboxylic acid groups (broad SMARTS) is 1. The Balaban J connectivity index is 2.13. The van der Waals surface area contributed by atoms with Crippen molar-refractivity contribution in [1.82, 2.24) is 5.32 Å². The molecule has 0 bridgehead atoms. The largest absolute Gasteiger partial charge is 0.491 e. The molecule has 0 radical (unpaired) electrons. The molecule has 0 unspecified atom stereocenters. The molecule has 2 aromatic carbocycles. The molecular weight excluding hydrogens is 432 g/mol. The average molecular weight is 471 g/mol. The lowest BCUT2D eigenvalue weighted by atomic mass is 10.00. The fourth-order valence-corrected chi connectivity index (χ4v) is 3.61. The predicted molar refractivity (Wildman–Crippen MR) is 136 cm³/mol. The van der Waals surface area contributed by atoms with Gasteiger partial charge in [0.2, 0.25) is 0 Å².